The van der Waals surface area contributed by atoms with E-state index in [1.807, 2.05) is 12.1 Å². The molecule has 0 aliphatic carbocycles. The van der Waals surface area contributed by atoms with Crippen LogP contribution in [0.5, 0.6) is 5.75 Å². The fraction of sp³-hybridized carbons (Fsp3) is 0.444. The minimum atomic E-state index is -1.80. The normalized spacial score (nSPS) is 15.7. The van der Waals surface area contributed by atoms with Crippen molar-refractivity contribution in [2.45, 2.75) is 19.3 Å². The standard InChI is InChI=1S/C18H27N6O3P/c1-27-15-3-2-14-16(17(15)24(20)10-7-19)21-12-22-18(14)23-8-4-13(5-9-23)6-11-28(25)26/h2-3,7,10,12-13,25-26H,4-6,8-9,11,19-20H2,1H3/b10-7-. The summed E-state index contributed by atoms with van der Waals surface area (Å²) in [5.74, 6) is 8.10. The maximum absolute atomic E-state index is 9.14. The summed E-state index contributed by atoms with van der Waals surface area (Å²) in [5, 5.41) is 2.29. The van der Waals surface area contributed by atoms with E-state index in [0.717, 1.165) is 43.6 Å². The molecule has 9 nitrogen and oxygen atoms in total. The Morgan fingerprint density at radius 3 is 2.71 bits per heavy atom. The van der Waals surface area contributed by atoms with Crippen LogP contribution < -0.4 is 26.2 Å². The van der Waals surface area contributed by atoms with Crippen molar-refractivity contribution >= 4 is 30.8 Å². The number of rotatable bonds is 7. The molecule has 1 aromatic heterocycles. The smallest absolute Gasteiger partial charge is 0.164 e. The molecule has 0 amide bonds. The monoisotopic (exact) mass is 406 g/mol. The molecule has 2 aromatic rings. The van der Waals surface area contributed by atoms with Crippen LogP contribution in [0.15, 0.2) is 30.9 Å². The molecule has 0 spiro atoms. The number of piperidine rings is 1. The second-order valence-electron chi connectivity index (χ2n) is 6.77. The molecule has 1 aromatic carbocycles. The summed E-state index contributed by atoms with van der Waals surface area (Å²) in [4.78, 5) is 29.5. The molecule has 0 atom stereocenters. The van der Waals surface area contributed by atoms with Crippen LogP contribution in [0.25, 0.3) is 10.9 Å². The Bertz CT molecular complexity index is 826. The molecule has 1 aliphatic heterocycles. The largest absolute Gasteiger partial charge is 0.494 e. The van der Waals surface area contributed by atoms with E-state index in [1.54, 1.807) is 13.3 Å². The Kier molecular flexibility index (Phi) is 6.85. The predicted molar refractivity (Wildman–Crippen MR) is 112 cm³/mol. The Morgan fingerprint density at radius 1 is 1.32 bits per heavy atom. The van der Waals surface area contributed by atoms with Gasteiger partial charge in [-0.2, -0.15) is 0 Å². The average Bonchev–Trinajstić information content (AvgIpc) is 2.71. The van der Waals surface area contributed by atoms with Gasteiger partial charge in [-0.1, -0.05) is 0 Å². The molecule has 1 fully saturated rings. The van der Waals surface area contributed by atoms with Crippen LogP contribution in [0.4, 0.5) is 11.5 Å². The van der Waals surface area contributed by atoms with E-state index in [4.69, 9.17) is 26.1 Å². The van der Waals surface area contributed by atoms with Gasteiger partial charge in [-0.15, -0.1) is 0 Å². The second kappa shape index (κ2) is 9.34. The third-order valence-corrected chi connectivity index (χ3v) is 5.76. The first-order chi connectivity index (χ1) is 13.5. The van der Waals surface area contributed by atoms with Crippen LogP contribution in [0.1, 0.15) is 19.3 Å². The molecule has 10 heteroatoms. The Balaban J connectivity index is 1.88. The zero-order chi connectivity index (χ0) is 20.1. The van der Waals surface area contributed by atoms with E-state index in [-0.39, 0.29) is 0 Å². The first-order valence-electron chi connectivity index (χ1n) is 9.19. The van der Waals surface area contributed by atoms with Gasteiger partial charge >= 0.3 is 0 Å². The SMILES string of the molecule is COc1ccc2c(N3CCC(CCP(O)O)CC3)ncnc2c1N(N)/C=C\N. The highest BCUT2D eigenvalue weighted by Crippen LogP contribution is 2.38. The number of hydrazine groups is 1. The maximum atomic E-state index is 9.14. The quantitative estimate of drug-likeness (QED) is 0.308. The lowest BCUT2D eigenvalue weighted by atomic mass is 9.94. The number of ether oxygens (including phenoxy) is 1. The van der Waals surface area contributed by atoms with Crippen LogP contribution in [-0.2, 0) is 0 Å². The van der Waals surface area contributed by atoms with Gasteiger partial charge in [0.15, 0.2) is 8.38 Å². The lowest BCUT2D eigenvalue weighted by molar-refractivity contribution is 0.386. The van der Waals surface area contributed by atoms with E-state index in [0.29, 0.717) is 29.0 Å². The van der Waals surface area contributed by atoms with Crippen LogP contribution in [0.2, 0.25) is 0 Å². The van der Waals surface area contributed by atoms with Gasteiger partial charge in [0.1, 0.15) is 29.1 Å². The number of hydrogen-bond donors (Lipinski definition) is 4. The first kappa shape index (κ1) is 20.5. The number of nitrogens with zero attached hydrogens (tertiary/aromatic N) is 4. The summed E-state index contributed by atoms with van der Waals surface area (Å²) in [6.07, 6.45) is 7.77. The van der Waals surface area contributed by atoms with Crippen molar-refractivity contribution in [1.82, 2.24) is 9.97 Å². The highest BCUT2D eigenvalue weighted by molar-refractivity contribution is 7.45. The van der Waals surface area contributed by atoms with Crippen molar-refractivity contribution in [3.8, 4) is 5.75 Å². The molecule has 1 saturated heterocycles. The van der Waals surface area contributed by atoms with E-state index in [9.17, 15) is 0 Å². The van der Waals surface area contributed by atoms with Crippen molar-refractivity contribution in [1.29, 1.82) is 0 Å². The van der Waals surface area contributed by atoms with Crippen molar-refractivity contribution in [3.63, 3.8) is 0 Å². The molecule has 3 rings (SSSR count). The third-order valence-electron chi connectivity index (χ3n) is 5.10. The van der Waals surface area contributed by atoms with Gasteiger partial charge in [0.2, 0.25) is 0 Å². The predicted octanol–water partition coefficient (Wildman–Crippen LogP) is 1.65. The van der Waals surface area contributed by atoms with Crippen LogP contribution in [0, 0.1) is 5.92 Å². The molecule has 152 valence electrons. The van der Waals surface area contributed by atoms with Crippen molar-refractivity contribution < 1.29 is 14.5 Å². The van der Waals surface area contributed by atoms with Gasteiger partial charge in [0.05, 0.1) is 7.11 Å². The van der Waals surface area contributed by atoms with Gasteiger partial charge in [0.25, 0.3) is 0 Å². The maximum Gasteiger partial charge on any atom is 0.164 e. The lowest BCUT2D eigenvalue weighted by Gasteiger charge is -2.33. The summed E-state index contributed by atoms with van der Waals surface area (Å²) in [5.41, 5.74) is 6.81. The molecule has 0 radical (unpaired) electrons. The topological polar surface area (TPSA) is 134 Å². The third kappa shape index (κ3) is 4.44. The van der Waals surface area contributed by atoms with Gasteiger partial charge in [0, 0.05) is 37.0 Å². The van der Waals surface area contributed by atoms with E-state index in [1.165, 1.54) is 17.5 Å². The average molecular weight is 406 g/mol. The fourth-order valence-corrected chi connectivity index (χ4v) is 4.24. The molecule has 0 saturated carbocycles. The molecule has 1 aliphatic rings. The Hall–Kier alpha value is -2.19. The molecule has 28 heavy (non-hydrogen) atoms. The highest BCUT2D eigenvalue weighted by Gasteiger charge is 2.24. The number of anilines is 2. The number of benzene rings is 1. The van der Waals surface area contributed by atoms with E-state index < -0.39 is 8.38 Å². The zero-order valence-corrected chi connectivity index (χ0v) is 16.8. The number of methoxy groups -OCH3 is 1. The number of hydrogen-bond acceptors (Lipinski definition) is 9. The zero-order valence-electron chi connectivity index (χ0n) is 15.9. The van der Waals surface area contributed by atoms with Gasteiger partial charge in [-0.25, -0.2) is 15.8 Å². The van der Waals surface area contributed by atoms with Gasteiger partial charge in [-0.3, -0.25) is 5.01 Å². The van der Waals surface area contributed by atoms with Crippen molar-refractivity contribution in [2.24, 2.45) is 17.5 Å². The summed E-state index contributed by atoms with van der Waals surface area (Å²) >= 11 is 0. The van der Waals surface area contributed by atoms with Gasteiger partial charge in [-0.05, 0) is 37.3 Å². The lowest BCUT2D eigenvalue weighted by Crippen LogP contribution is -2.34. The van der Waals surface area contributed by atoms with Crippen LogP contribution >= 0.6 is 8.38 Å². The number of fused-ring (bicyclic) bond motifs is 1. The minimum absolute atomic E-state index is 0.487. The van der Waals surface area contributed by atoms with Gasteiger partial charge < -0.3 is 25.2 Å². The first-order valence-corrected chi connectivity index (χ1v) is 10.6. The Morgan fingerprint density at radius 2 is 2.07 bits per heavy atom. The Labute approximate surface area is 165 Å². The highest BCUT2D eigenvalue weighted by atomic mass is 31.2. The summed E-state index contributed by atoms with van der Waals surface area (Å²) in [6, 6.07) is 3.80. The van der Waals surface area contributed by atoms with Crippen LogP contribution in [0.3, 0.4) is 0 Å². The molecular weight excluding hydrogens is 379 g/mol. The summed E-state index contributed by atoms with van der Waals surface area (Å²) < 4.78 is 5.46. The van der Waals surface area contributed by atoms with Crippen molar-refractivity contribution in [3.05, 3.63) is 30.9 Å². The second-order valence-corrected chi connectivity index (χ2v) is 7.97. The molecule has 6 N–H and O–H groups in total. The fourth-order valence-electron chi connectivity index (χ4n) is 3.65. The van der Waals surface area contributed by atoms with Crippen molar-refractivity contribution in [2.75, 3.05) is 36.3 Å². The van der Waals surface area contributed by atoms with E-state index in [2.05, 4.69) is 14.9 Å². The number of nitrogens with two attached hydrogens (primary N) is 2. The van der Waals surface area contributed by atoms with Crippen LogP contribution in [-0.4, -0.2) is 46.1 Å². The molecular formula is C18H27N6O3P. The molecule has 0 bridgehead atoms. The molecule has 2 heterocycles. The van der Waals surface area contributed by atoms with E-state index >= 15 is 0 Å². The summed E-state index contributed by atoms with van der Waals surface area (Å²) in [7, 11) is -0.213. The number of aromatic nitrogens is 2. The summed E-state index contributed by atoms with van der Waals surface area (Å²) in [6.45, 7) is 1.73. The molecule has 0 unspecified atom stereocenters. The minimum Gasteiger partial charge on any atom is -0.494 e.